The molecule has 0 bridgehead atoms. The number of phenolic OH excluding ortho intramolecular Hbond substituents is 1. The van der Waals surface area contributed by atoms with Gasteiger partial charge in [0, 0.05) is 5.39 Å². The fourth-order valence-electron chi connectivity index (χ4n) is 1.69. The van der Waals surface area contributed by atoms with E-state index in [1.54, 1.807) is 26.4 Å². The van der Waals surface area contributed by atoms with Gasteiger partial charge in [0.2, 0.25) is 0 Å². The van der Waals surface area contributed by atoms with E-state index in [-0.39, 0.29) is 5.75 Å². The highest BCUT2D eigenvalue weighted by atomic mass is 79.9. The molecule has 0 aliphatic heterocycles. The van der Waals surface area contributed by atoms with Crippen LogP contribution in [0.15, 0.2) is 28.7 Å². The van der Waals surface area contributed by atoms with Gasteiger partial charge in [0.1, 0.15) is 17.2 Å². The zero-order chi connectivity index (χ0) is 11.7. The van der Waals surface area contributed by atoms with Gasteiger partial charge in [0.05, 0.1) is 24.1 Å². The molecule has 0 radical (unpaired) electrons. The number of phenols is 1. The molecule has 2 aromatic rings. The summed E-state index contributed by atoms with van der Waals surface area (Å²) in [6, 6.07) is 7.24. The van der Waals surface area contributed by atoms with Gasteiger partial charge in [0.15, 0.2) is 0 Å². The topological polar surface area (TPSA) is 38.7 Å². The van der Waals surface area contributed by atoms with Gasteiger partial charge in [-0.25, -0.2) is 0 Å². The molecule has 0 aliphatic carbocycles. The maximum atomic E-state index is 10.0. The lowest BCUT2D eigenvalue weighted by molar-refractivity contribution is 0.407. The number of fused-ring (bicyclic) bond motifs is 1. The van der Waals surface area contributed by atoms with Crippen LogP contribution in [0.5, 0.6) is 17.2 Å². The van der Waals surface area contributed by atoms with Gasteiger partial charge < -0.3 is 14.6 Å². The fraction of sp³-hybridized carbons (Fsp3) is 0.167. The summed E-state index contributed by atoms with van der Waals surface area (Å²) in [5.74, 6) is 1.49. The molecule has 2 aromatic carbocycles. The number of ether oxygens (including phenoxy) is 2. The van der Waals surface area contributed by atoms with Crippen molar-refractivity contribution >= 4 is 26.7 Å². The van der Waals surface area contributed by atoms with Crippen molar-refractivity contribution in [1.82, 2.24) is 0 Å². The van der Waals surface area contributed by atoms with Crippen molar-refractivity contribution in [3.8, 4) is 17.2 Å². The van der Waals surface area contributed by atoms with Crippen molar-refractivity contribution in [3.05, 3.63) is 28.7 Å². The van der Waals surface area contributed by atoms with E-state index in [9.17, 15) is 5.11 Å². The summed E-state index contributed by atoms with van der Waals surface area (Å²) in [5.41, 5.74) is 0. The minimum atomic E-state index is 0.160. The lowest BCUT2D eigenvalue weighted by atomic mass is 10.1. The molecule has 0 atom stereocenters. The van der Waals surface area contributed by atoms with Gasteiger partial charge in [-0.3, -0.25) is 0 Å². The lowest BCUT2D eigenvalue weighted by Gasteiger charge is -2.11. The molecule has 0 aromatic heterocycles. The van der Waals surface area contributed by atoms with Crippen molar-refractivity contribution in [1.29, 1.82) is 0 Å². The predicted octanol–water partition coefficient (Wildman–Crippen LogP) is 3.33. The Balaban J connectivity index is 2.90. The fourth-order valence-corrected chi connectivity index (χ4v) is 2.02. The number of halogens is 1. The largest absolute Gasteiger partial charge is 0.506 e. The standard InChI is InChI=1S/C12H11BrO3/c1-15-9-5-6-10(16-2)11-7(9)3-4-8(13)12(11)14/h3-6,14H,1-2H3. The molecule has 3 nitrogen and oxygen atoms in total. The van der Waals surface area contributed by atoms with Crippen LogP contribution in [0.1, 0.15) is 0 Å². The third-order valence-electron chi connectivity index (χ3n) is 2.47. The van der Waals surface area contributed by atoms with Gasteiger partial charge in [-0.2, -0.15) is 0 Å². The van der Waals surface area contributed by atoms with Crippen LogP contribution in [0.4, 0.5) is 0 Å². The summed E-state index contributed by atoms with van der Waals surface area (Å²) in [7, 11) is 3.17. The summed E-state index contributed by atoms with van der Waals surface area (Å²) >= 11 is 3.28. The second-order valence-electron chi connectivity index (χ2n) is 3.29. The van der Waals surface area contributed by atoms with Crippen molar-refractivity contribution in [2.75, 3.05) is 14.2 Å². The maximum Gasteiger partial charge on any atom is 0.141 e. The van der Waals surface area contributed by atoms with Gasteiger partial charge in [-0.1, -0.05) is 0 Å². The van der Waals surface area contributed by atoms with Crippen LogP contribution in [0.25, 0.3) is 10.8 Å². The SMILES string of the molecule is COc1ccc(OC)c2c(O)c(Br)ccc12. The van der Waals surface area contributed by atoms with Crippen LogP contribution < -0.4 is 9.47 Å². The molecule has 84 valence electrons. The molecule has 4 heteroatoms. The molecule has 0 heterocycles. The Morgan fingerprint density at radius 3 is 2.25 bits per heavy atom. The summed E-state index contributed by atoms with van der Waals surface area (Å²) < 4.78 is 11.1. The number of aromatic hydroxyl groups is 1. The molecule has 0 saturated carbocycles. The molecule has 0 fully saturated rings. The number of benzene rings is 2. The van der Waals surface area contributed by atoms with Gasteiger partial charge in [-0.15, -0.1) is 0 Å². The Labute approximate surface area is 102 Å². The lowest BCUT2D eigenvalue weighted by Crippen LogP contribution is -1.90. The summed E-state index contributed by atoms with van der Waals surface area (Å²) in [6.45, 7) is 0. The zero-order valence-corrected chi connectivity index (χ0v) is 10.5. The Kier molecular flexibility index (Phi) is 2.92. The zero-order valence-electron chi connectivity index (χ0n) is 8.95. The van der Waals surface area contributed by atoms with Crippen molar-refractivity contribution in [3.63, 3.8) is 0 Å². The summed E-state index contributed by atoms with van der Waals surface area (Å²) in [6.07, 6.45) is 0. The van der Waals surface area contributed by atoms with Gasteiger partial charge in [-0.05, 0) is 40.2 Å². The molecule has 0 unspecified atom stereocenters. The summed E-state index contributed by atoms with van der Waals surface area (Å²) in [5, 5.41) is 11.5. The minimum Gasteiger partial charge on any atom is -0.506 e. The second kappa shape index (κ2) is 4.22. The van der Waals surface area contributed by atoms with Crippen LogP contribution >= 0.6 is 15.9 Å². The number of methoxy groups -OCH3 is 2. The highest BCUT2D eigenvalue weighted by Gasteiger charge is 2.13. The van der Waals surface area contributed by atoms with Crippen LogP contribution in [-0.4, -0.2) is 19.3 Å². The minimum absolute atomic E-state index is 0.160. The van der Waals surface area contributed by atoms with E-state index in [1.165, 1.54) is 0 Å². The first-order valence-corrected chi connectivity index (χ1v) is 5.50. The van der Waals surface area contributed by atoms with Crippen molar-refractivity contribution < 1.29 is 14.6 Å². The Morgan fingerprint density at radius 1 is 1.00 bits per heavy atom. The first kappa shape index (κ1) is 11.1. The number of hydrogen-bond donors (Lipinski definition) is 1. The Bertz CT molecular complexity index is 537. The average molecular weight is 283 g/mol. The molecule has 0 saturated heterocycles. The van der Waals surface area contributed by atoms with E-state index in [2.05, 4.69) is 15.9 Å². The Morgan fingerprint density at radius 2 is 1.62 bits per heavy atom. The van der Waals surface area contributed by atoms with Crippen LogP contribution in [0.3, 0.4) is 0 Å². The quantitative estimate of drug-likeness (QED) is 0.918. The highest BCUT2D eigenvalue weighted by Crippen LogP contribution is 2.42. The van der Waals surface area contributed by atoms with E-state index in [4.69, 9.17) is 9.47 Å². The number of rotatable bonds is 2. The number of hydrogen-bond acceptors (Lipinski definition) is 3. The molecule has 0 spiro atoms. The van der Waals surface area contributed by atoms with E-state index < -0.39 is 0 Å². The monoisotopic (exact) mass is 282 g/mol. The molecule has 0 amide bonds. The van der Waals surface area contributed by atoms with Crippen molar-refractivity contribution in [2.24, 2.45) is 0 Å². The molecule has 0 aliphatic rings. The van der Waals surface area contributed by atoms with Crippen LogP contribution in [0.2, 0.25) is 0 Å². The van der Waals surface area contributed by atoms with E-state index in [1.807, 2.05) is 12.1 Å². The molecule has 2 rings (SSSR count). The first-order chi connectivity index (χ1) is 7.69. The average Bonchev–Trinajstić information content (AvgIpc) is 2.32. The Hall–Kier alpha value is -1.42. The highest BCUT2D eigenvalue weighted by molar-refractivity contribution is 9.10. The molecular weight excluding hydrogens is 272 g/mol. The van der Waals surface area contributed by atoms with Gasteiger partial charge in [0.25, 0.3) is 0 Å². The first-order valence-electron chi connectivity index (χ1n) is 4.71. The maximum absolute atomic E-state index is 10.0. The second-order valence-corrected chi connectivity index (χ2v) is 4.14. The normalized spacial score (nSPS) is 10.4. The van der Waals surface area contributed by atoms with E-state index >= 15 is 0 Å². The van der Waals surface area contributed by atoms with Crippen molar-refractivity contribution in [2.45, 2.75) is 0 Å². The third kappa shape index (κ3) is 1.59. The predicted molar refractivity (Wildman–Crippen MR) is 66.4 cm³/mol. The summed E-state index contributed by atoms with van der Waals surface area (Å²) in [4.78, 5) is 0. The van der Waals surface area contributed by atoms with Crippen LogP contribution in [0, 0.1) is 0 Å². The van der Waals surface area contributed by atoms with E-state index in [0.717, 1.165) is 5.39 Å². The molecule has 1 N–H and O–H groups in total. The third-order valence-corrected chi connectivity index (χ3v) is 3.11. The van der Waals surface area contributed by atoms with E-state index in [0.29, 0.717) is 21.4 Å². The van der Waals surface area contributed by atoms with Crippen LogP contribution in [-0.2, 0) is 0 Å². The molecule has 16 heavy (non-hydrogen) atoms. The molecular formula is C12H11BrO3. The van der Waals surface area contributed by atoms with Gasteiger partial charge >= 0.3 is 0 Å². The smallest absolute Gasteiger partial charge is 0.141 e.